The van der Waals surface area contributed by atoms with Gasteiger partial charge in [-0.05, 0) is 57.8 Å². The second-order valence-electron chi connectivity index (χ2n) is 12.2. The molecule has 7 atom stereocenters. The van der Waals surface area contributed by atoms with Crippen molar-refractivity contribution < 1.29 is 38.3 Å². The third kappa shape index (κ3) is 21.9. The lowest BCUT2D eigenvalue weighted by Crippen LogP contribution is -2.55. The fraction of sp³-hybridized carbons (Fsp3) is 0.774. The minimum absolute atomic E-state index is 0.0431. The van der Waals surface area contributed by atoms with E-state index in [0.717, 1.165) is 0 Å². The zero-order chi connectivity index (χ0) is 40.3. The van der Waals surface area contributed by atoms with Crippen molar-refractivity contribution >= 4 is 91.9 Å². The van der Waals surface area contributed by atoms with Gasteiger partial charge in [-0.3, -0.25) is 28.8 Å². The Labute approximate surface area is 333 Å². The number of carbonyl (C=O) groups excluding carboxylic acids is 7. The molecule has 18 nitrogen and oxygen atoms in total. The Hall–Kier alpha value is -2.47. The van der Waals surface area contributed by atoms with Crippen LogP contribution in [0.15, 0.2) is 0 Å². The van der Waals surface area contributed by atoms with Gasteiger partial charge in [-0.2, -0.15) is 50.5 Å². The normalized spacial score (nSPS) is 15.0. The highest BCUT2D eigenvalue weighted by molar-refractivity contribution is 7.80. The van der Waals surface area contributed by atoms with E-state index in [4.69, 9.17) is 27.7 Å². The molecule has 0 aliphatic rings. The number of thiol groups is 4. The lowest BCUT2D eigenvalue weighted by Gasteiger charge is -2.23. The summed E-state index contributed by atoms with van der Waals surface area (Å²) >= 11 is 16.1. The van der Waals surface area contributed by atoms with Crippen LogP contribution in [0.25, 0.3) is 0 Å². The van der Waals surface area contributed by atoms with E-state index in [1.165, 1.54) is 7.11 Å². The minimum atomic E-state index is -1.05. The van der Waals surface area contributed by atoms with Crippen LogP contribution in [-0.4, -0.2) is 133 Å². The molecule has 0 aromatic carbocycles. The van der Waals surface area contributed by atoms with Crippen LogP contribution in [0.5, 0.6) is 0 Å². The Morgan fingerprint density at radius 2 is 0.755 bits per heavy atom. The second-order valence-corrected chi connectivity index (χ2v) is 13.7. The van der Waals surface area contributed by atoms with E-state index in [0.29, 0.717) is 51.6 Å². The maximum absolute atomic E-state index is 13.3. The fourth-order valence-electron chi connectivity index (χ4n) is 4.53. The number of amides is 6. The van der Waals surface area contributed by atoms with Crippen LogP contribution in [0.1, 0.15) is 57.8 Å². The molecule has 0 saturated heterocycles. The van der Waals surface area contributed by atoms with Crippen molar-refractivity contribution in [3.63, 3.8) is 0 Å². The summed E-state index contributed by atoms with van der Waals surface area (Å²) in [7, 11) is 1.18. The number of hydrogen-bond acceptors (Lipinski definition) is 16. The number of unbranched alkanes of at least 4 members (excludes halogenated alkanes) is 3. The largest absolute Gasteiger partial charge is 0.467 e. The summed E-state index contributed by atoms with van der Waals surface area (Å²) in [6.45, 7) is 0.820. The van der Waals surface area contributed by atoms with Crippen molar-refractivity contribution in [1.82, 2.24) is 31.9 Å². The van der Waals surface area contributed by atoms with Gasteiger partial charge >= 0.3 is 5.97 Å². The van der Waals surface area contributed by atoms with Crippen LogP contribution in [0.2, 0.25) is 0 Å². The number of ether oxygens (including phenoxy) is 1. The van der Waals surface area contributed by atoms with E-state index in [-0.39, 0.29) is 60.6 Å². The maximum Gasteiger partial charge on any atom is 0.328 e. The molecule has 0 aromatic rings. The first kappa shape index (κ1) is 50.5. The van der Waals surface area contributed by atoms with Gasteiger partial charge in [0.05, 0.1) is 31.3 Å². The highest BCUT2D eigenvalue weighted by atomic mass is 32.1. The van der Waals surface area contributed by atoms with Crippen LogP contribution in [-0.2, 0) is 38.3 Å². The van der Waals surface area contributed by atoms with E-state index in [9.17, 15) is 33.6 Å². The van der Waals surface area contributed by atoms with Crippen molar-refractivity contribution in [2.75, 3.05) is 49.8 Å². The predicted octanol–water partition coefficient (Wildman–Crippen LogP) is -3.50. The average Bonchev–Trinajstić information content (AvgIpc) is 3.16. The summed E-state index contributed by atoms with van der Waals surface area (Å²) in [5.41, 5.74) is 22.8. The Balaban J connectivity index is 5.23. The number of nitrogens with two attached hydrogens (primary N) is 4. The van der Waals surface area contributed by atoms with E-state index < -0.39 is 71.9 Å². The minimum Gasteiger partial charge on any atom is -0.467 e. The highest BCUT2D eigenvalue weighted by Gasteiger charge is 2.28. The van der Waals surface area contributed by atoms with Crippen molar-refractivity contribution in [2.45, 2.75) is 100 Å². The van der Waals surface area contributed by atoms with Gasteiger partial charge in [-0.25, -0.2) is 4.79 Å². The number of rotatable bonds is 29. The first-order chi connectivity index (χ1) is 25.2. The molecule has 0 radical (unpaired) electrons. The van der Waals surface area contributed by atoms with E-state index in [2.05, 4.69) is 82.4 Å². The molecule has 14 N–H and O–H groups in total. The van der Waals surface area contributed by atoms with Gasteiger partial charge < -0.3 is 59.6 Å². The van der Waals surface area contributed by atoms with Crippen LogP contribution in [0.4, 0.5) is 0 Å². The van der Waals surface area contributed by atoms with Gasteiger partial charge in [-0.1, -0.05) is 0 Å². The molecule has 0 saturated carbocycles. The van der Waals surface area contributed by atoms with Gasteiger partial charge in [0, 0.05) is 42.6 Å². The van der Waals surface area contributed by atoms with Crippen LogP contribution < -0.4 is 54.8 Å². The van der Waals surface area contributed by atoms with E-state index in [1.54, 1.807) is 0 Å². The summed E-state index contributed by atoms with van der Waals surface area (Å²) < 4.78 is 4.89. The standard InChI is InChI=1S/C31H60N10O8S4/c1-49-31(48)24(41-30(47)23(40-28(45)21(35)17-53)9-3-6-12-37-26(43)19(33)15-51)10-4-7-13-38-29(46)22(39-27(44)20(34)16-52)8-2-5-11-36-25(42)18(32)14-50/h18-24,50-53H,2-17,32-35H2,1H3,(H,36,42)(H,37,43)(H,38,46)(H,39,44)(H,40,45)(H,41,47)/t18-,19-,20-,21-,22-,23-,24-/m0/s1. The van der Waals surface area contributed by atoms with Gasteiger partial charge in [0.1, 0.15) is 18.1 Å². The van der Waals surface area contributed by atoms with Gasteiger partial charge in [0.15, 0.2) is 0 Å². The van der Waals surface area contributed by atoms with Crippen molar-refractivity contribution in [2.24, 2.45) is 22.9 Å². The lowest BCUT2D eigenvalue weighted by molar-refractivity contribution is -0.145. The first-order valence-electron chi connectivity index (χ1n) is 17.4. The molecular weight excluding hydrogens is 769 g/mol. The Kier molecular flexibility index (Phi) is 28.4. The molecular formula is C31H60N10O8S4. The first-order valence-corrected chi connectivity index (χ1v) is 20.0. The molecule has 306 valence electrons. The smallest absolute Gasteiger partial charge is 0.328 e. The predicted molar refractivity (Wildman–Crippen MR) is 216 cm³/mol. The Morgan fingerprint density at radius 1 is 0.453 bits per heavy atom. The van der Waals surface area contributed by atoms with Crippen molar-refractivity contribution in [3.8, 4) is 0 Å². The molecule has 0 aliphatic heterocycles. The monoisotopic (exact) mass is 828 g/mol. The third-order valence-corrected chi connectivity index (χ3v) is 9.43. The maximum atomic E-state index is 13.3. The second kappa shape index (κ2) is 29.8. The van der Waals surface area contributed by atoms with Crippen molar-refractivity contribution in [1.29, 1.82) is 0 Å². The zero-order valence-corrected chi connectivity index (χ0v) is 33.8. The molecule has 0 aliphatic carbocycles. The molecule has 6 amide bonds. The van der Waals surface area contributed by atoms with Crippen LogP contribution in [0, 0.1) is 0 Å². The molecule has 0 heterocycles. The molecule has 0 fully saturated rings. The molecule has 53 heavy (non-hydrogen) atoms. The number of hydrogen-bond donors (Lipinski definition) is 14. The fourth-order valence-corrected chi connectivity index (χ4v) is 5.19. The van der Waals surface area contributed by atoms with Gasteiger partial charge in [0.2, 0.25) is 35.4 Å². The molecule has 0 aromatic heterocycles. The topological polar surface area (TPSA) is 305 Å². The van der Waals surface area contributed by atoms with Crippen molar-refractivity contribution in [3.05, 3.63) is 0 Å². The number of esters is 1. The third-order valence-electron chi connectivity index (χ3n) is 7.86. The Morgan fingerprint density at radius 3 is 1.11 bits per heavy atom. The lowest BCUT2D eigenvalue weighted by atomic mass is 10.1. The molecule has 0 unspecified atom stereocenters. The average molecular weight is 829 g/mol. The quantitative estimate of drug-likeness (QED) is 0.0199. The molecule has 0 bridgehead atoms. The van der Waals surface area contributed by atoms with Gasteiger partial charge in [-0.15, -0.1) is 0 Å². The summed E-state index contributed by atoms with van der Waals surface area (Å²) in [6.07, 6.45) is 3.33. The summed E-state index contributed by atoms with van der Waals surface area (Å²) in [6, 6.07) is -6.34. The van der Waals surface area contributed by atoms with Crippen LogP contribution >= 0.6 is 50.5 Å². The number of carbonyl (C=O) groups is 7. The Bertz CT molecular complexity index is 1160. The van der Waals surface area contributed by atoms with E-state index >= 15 is 0 Å². The van der Waals surface area contributed by atoms with E-state index in [1.807, 2.05) is 0 Å². The molecule has 0 rings (SSSR count). The number of methoxy groups -OCH3 is 1. The zero-order valence-electron chi connectivity index (χ0n) is 30.2. The summed E-state index contributed by atoms with van der Waals surface area (Å²) in [5.74, 6) is -3.07. The highest BCUT2D eigenvalue weighted by Crippen LogP contribution is 2.08. The number of nitrogens with one attached hydrogen (secondary N) is 6. The molecule has 22 heteroatoms. The van der Waals surface area contributed by atoms with Gasteiger partial charge in [0.25, 0.3) is 0 Å². The van der Waals surface area contributed by atoms with Crippen LogP contribution in [0.3, 0.4) is 0 Å². The summed E-state index contributed by atoms with van der Waals surface area (Å²) in [5, 5.41) is 16.0. The molecule has 0 spiro atoms. The summed E-state index contributed by atoms with van der Waals surface area (Å²) in [4.78, 5) is 87.6. The SMILES string of the molecule is COC(=O)[C@H](CCCCNC(=O)[C@H](CCCCNC(=O)[C@@H](N)CS)NC(=O)[C@@H](N)CS)NC(=O)[C@H](CCCCNC(=O)[C@@H](N)CS)NC(=O)[C@@H](N)CS.